The number of pyridine rings is 1. The average Bonchev–Trinajstić information content (AvgIpc) is 3.57. The van der Waals surface area contributed by atoms with E-state index in [9.17, 15) is 37.6 Å². The van der Waals surface area contributed by atoms with Crippen molar-refractivity contribution in [2.24, 2.45) is 5.92 Å². The zero-order valence-corrected chi connectivity index (χ0v) is 34.1. The molecule has 0 spiro atoms. The number of carbonyl (C=O) groups excluding carboxylic acids is 4. The highest BCUT2D eigenvalue weighted by atomic mass is 32.1. The summed E-state index contributed by atoms with van der Waals surface area (Å²) >= 11 is 5.66. The van der Waals surface area contributed by atoms with Crippen molar-refractivity contribution in [3.05, 3.63) is 94.8 Å². The van der Waals surface area contributed by atoms with E-state index in [2.05, 4.69) is 26.6 Å². The Morgan fingerprint density at radius 1 is 0.900 bits per heavy atom. The smallest absolute Gasteiger partial charge is 0.369 e. The van der Waals surface area contributed by atoms with Gasteiger partial charge in [-0.2, -0.15) is 18.4 Å². The van der Waals surface area contributed by atoms with Crippen molar-refractivity contribution < 1.29 is 32.3 Å². The first-order chi connectivity index (χ1) is 28.5. The van der Waals surface area contributed by atoms with Crippen molar-refractivity contribution in [2.75, 3.05) is 60.5 Å². The largest absolute Gasteiger partial charge is 0.417 e. The first-order valence-electron chi connectivity index (χ1n) is 20.0. The minimum absolute atomic E-state index is 0.0484. The number of anilines is 3. The van der Waals surface area contributed by atoms with Crippen LogP contribution in [0.4, 0.5) is 30.4 Å². The van der Waals surface area contributed by atoms with E-state index in [1.54, 1.807) is 43.1 Å². The van der Waals surface area contributed by atoms with E-state index in [1.807, 2.05) is 18.2 Å². The number of piperidine rings is 2. The zero-order chi connectivity index (χ0) is 42.7. The summed E-state index contributed by atoms with van der Waals surface area (Å²) in [7, 11) is 0. The Morgan fingerprint density at radius 3 is 2.25 bits per heavy atom. The Kier molecular flexibility index (Phi) is 10.7. The molecule has 0 aliphatic carbocycles. The fourth-order valence-corrected chi connectivity index (χ4v) is 9.33. The van der Waals surface area contributed by atoms with Gasteiger partial charge in [-0.1, -0.05) is 12.6 Å². The number of hydrogen-bond donors (Lipinski definition) is 1. The van der Waals surface area contributed by atoms with Gasteiger partial charge in [-0.15, -0.1) is 0 Å². The molecule has 0 saturated carbocycles. The number of carbonyl (C=O) groups is 4. The van der Waals surface area contributed by atoms with Crippen LogP contribution in [-0.4, -0.2) is 106 Å². The van der Waals surface area contributed by atoms with Crippen molar-refractivity contribution in [1.82, 2.24) is 25.0 Å². The Balaban J connectivity index is 0.820. The highest BCUT2D eigenvalue weighted by molar-refractivity contribution is 7.80. The molecule has 60 heavy (non-hydrogen) atoms. The number of amides is 4. The van der Waals surface area contributed by atoms with Gasteiger partial charge in [-0.05, 0) is 106 Å². The van der Waals surface area contributed by atoms with Crippen LogP contribution in [0.3, 0.4) is 0 Å². The maximum atomic E-state index is 13.7. The van der Waals surface area contributed by atoms with Crippen molar-refractivity contribution in [3.8, 4) is 6.07 Å². The molecule has 3 aromatic rings. The molecule has 1 N–H and O–H groups in total. The predicted molar refractivity (Wildman–Crippen MR) is 221 cm³/mol. The van der Waals surface area contributed by atoms with E-state index in [0.29, 0.717) is 35.6 Å². The van der Waals surface area contributed by atoms with Crippen LogP contribution in [0.25, 0.3) is 0 Å². The van der Waals surface area contributed by atoms with Crippen molar-refractivity contribution in [2.45, 2.75) is 63.8 Å². The van der Waals surface area contributed by atoms with E-state index >= 15 is 0 Å². The lowest BCUT2D eigenvalue weighted by Gasteiger charge is -2.40. The summed E-state index contributed by atoms with van der Waals surface area (Å²) in [6.07, 6.45) is -0.142. The number of fused-ring (bicyclic) bond motifs is 1. The molecule has 0 bridgehead atoms. The number of nitrogens with one attached hydrogen (secondary N) is 1. The van der Waals surface area contributed by atoms with Crippen LogP contribution in [0.2, 0.25) is 0 Å². The van der Waals surface area contributed by atoms with Crippen molar-refractivity contribution in [3.63, 3.8) is 0 Å². The Morgan fingerprint density at radius 2 is 1.60 bits per heavy atom. The molecule has 17 heteroatoms. The number of allylic oxidation sites excluding steroid dienone is 1. The minimum Gasteiger partial charge on any atom is -0.369 e. The van der Waals surface area contributed by atoms with E-state index < -0.39 is 46.6 Å². The Hall–Kier alpha value is -5.86. The number of nitriles is 1. The van der Waals surface area contributed by atoms with Crippen molar-refractivity contribution >= 4 is 58.2 Å². The Labute approximate surface area is 351 Å². The SMILES string of the molecule is C=C1CCC(N2C(=O)c3ccc(N4CCN(CC5CCN(c6ccc(CN7C(=S)N(c8ccc(C#N)c(C(F)(F)F)c8)C(=O)C7(C)C)cn6)CC5)CC4)cc3C2=O)C(=O)N1. The number of imide groups is 1. The van der Waals surface area contributed by atoms with Crippen LogP contribution in [0.15, 0.2) is 67.0 Å². The van der Waals surface area contributed by atoms with Gasteiger partial charge in [0.15, 0.2) is 5.11 Å². The molecular formula is C43H44F3N9O4S. The van der Waals surface area contributed by atoms with Gasteiger partial charge in [0.1, 0.15) is 17.4 Å². The predicted octanol–water partition coefficient (Wildman–Crippen LogP) is 5.31. The third-order valence-electron chi connectivity index (χ3n) is 12.4. The molecule has 4 fully saturated rings. The van der Waals surface area contributed by atoms with Gasteiger partial charge in [0.05, 0.1) is 34.0 Å². The van der Waals surface area contributed by atoms with Crippen LogP contribution in [-0.2, 0) is 22.3 Å². The second kappa shape index (κ2) is 15.6. The first kappa shape index (κ1) is 40.9. The van der Waals surface area contributed by atoms with E-state index in [0.717, 1.165) is 97.7 Å². The normalized spacial score (nSPS) is 21.5. The number of alkyl halides is 3. The van der Waals surface area contributed by atoms with Crippen LogP contribution in [0.1, 0.15) is 76.9 Å². The highest BCUT2D eigenvalue weighted by Gasteiger charge is 2.50. The number of hydrogen-bond acceptors (Lipinski definition) is 10. The molecule has 1 atom stereocenters. The van der Waals surface area contributed by atoms with Crippen LogP contribution in [0, 0.1) is 17.2 Å². The molecule has 4 saturated heterocycles. The summed E-state index contributed by atoms with van der Waals surface area (Å²) in [4.78, 5) is 68.3. The van der Waals surface area contributed by atoms with Gasteiger partial charge in [0, 0.05) is 69.9 Å². The van der Waals surface area contributed by atoms with Crippen LogP contribution < -0.4 is 20.0 Å². The lowest BCUT2D eigenvalue weighted by molar-refractivity contribution is -0.137. The van der Waals surface area contributed by atoms with Gasteiger partial charge in [0.25, 0.3) is 17.7 Å². The fraction of sp³-hybridized carbons (Fsp3) is 0.419. The molecule has 312 valence electrons. The van der Waals surface area contributed by atoms with Gasteiger partial charge in [-0.25, -0.2) is 4.98 Å². The molecule has 4 amide bonds. The van der Waals surface area contributed by atoms with Crippen LogP contribution in [0.5, 0.6) is 0 Å². The third-order valence-corrected chi connectivity index (χ3v) is 12.8. The zero-order valence-electron chi connectivity index (χ0n) is 33.3. The summed E-state index contributed by atoms with van der Waals surface area (Å²) in [6.45, 7) is 13.4. The molecule has 2 aromatic carbocycles. The molecule has 8 rings (SSSR count). The molecule has 1 unspecified atom stereocenters. The van der Waals surface area contributed by atoms with Crippen molar-refractivity contribution in [1.29, 1.82) is 5.26 Å². The van der Waals surface area contributed by atoms with Crippen LogP contribution >= 0.6 is 12.2 Å². The number of halogens is 3. The maximum absolute atomic E-state index is 13.7. The number of rotatable bonds is 8. The quantitative estimate of drug-likeness (QED) is 0.234. The molecule has 0 radical (unpaired) electrons. The molecule has 13 nitrogen and oxygen atoms in total. The third kappa shape index (κ3) is 7.47. The minimum atomic E-state index is -4.78. The number of benzene rings is 2. The average molecular weight is 840 g/mol. The lowest BCUT2D eigenvalue weighted by atomic mass is 9.96. The van der Waals surface area contributed by atoms with Gasteiger partial charge in [0.2, 0.25) is 5.91 Å². The highest BCUT2D eigenvalue weighted by Crippen LogP contribution is 2.39. The number of piperazine rings is 1. The summed E-state index contributed by atoms with van der Waals surface area (Å²) < 4.78 is 41.2. The summed E-state index contributed by atoms with van der Waals surface area (Å²) in [5, 5.41) is 12.0. The van der Waals surface area contributed by atoms with Gasteiger partial charge < -0.3 is 20.0 Å². The van der Waals surface area contributed by atoms with Gasteiger partial charge >= 0.3 is 6.18 Å². The molecule has 1 aromatic heterocycles. The molecule has 5 aliphatic heterocycles. The number of thiocarbonyl (C=S) groups is 1. The van der Waals surface area contributed by atoms with E-state index in [4.69, 9.17) is 17.2 Å². The molecular weight excluding hydrogens is 796 g/mol. The van der Waals surface area contributed by atoms with E-state index in [-0.39, 0.29) is 23.3 Å². The number of aromatic nitrogens is 1. The summed E-state index contributed by atoms with van der Waals surface area (Å²) in [6, 6.07) is 13.1. The first-order valence-corrected chi connectivity index (χ1v) is 20.4. The molecule has 6 heterocycles. The maximum Gasteiger partial charge on any atom is 0.417 e. The van der Waals surface area contributed by atoms with E-state index in [1.165, 1.54) is 6.07 Å². The number of nitrogens with zero attached hydrogens (tertiary/aromatic N) is 8. The fourth-order valence-electron chi connectivity index (χ4n) is 8.85. The Bertz CT molecular complexity index is 2330. The second-order valence-corrected chi connectivity index (χ2v) is 16.9. The summed E-state index contributed by atoms with van der Waals surface area (Å²) in [5.74, 6) is -0.348. The summed E-state index contributed by atoms with van der Waals surface area (Å²) in [5.41, 5.74) is 0.0784. The monoisotopic (exact) mass is 839 g/mol. The van der Waals surface area contributed by atoms with Gasteiger partial charge in [-0.3, -0.25) is 33.9 Å². The second-order valence-electron chi connectivity index (χ2n) is 16.5. The molecule has 5 aliphatic rings. The lowest BCUT2D eigenvalue weighted by Crippen LogP contribution is -2.51. The standard InChI is InChI=1S/C43H44F3N9O4S/c1-26-4-10-35(37(56)49-26)55-38(57)32-9-8-30(20-33(32)39(55)58)51-18-16-50(17-19-51)24-27-12-14-52(15-13-27)36-11-5-28(23-48-36)25-53-41(60)54(40(59)42(53,2)3)31-7-6-29(22-47)34(21-31)43(44,45)46/h5-9,11,20-21,23,27,35H,1,4,10,12-19,24-25H2,2-3H3,(H,49,56). The topological polar surface area (TPSA) is 136 Å².